The van der Waals surface area contributed by atoms with Crippen LogP contribution < -0.4 is 16.0 Å². The Morgan fingerprint density at radius 2 is 2.16 bits per heavy atom. The van der Waals surface area contributed by atoms with Crippen LogP contribution in [0.1, 0.15) is 17.3 Å². The molecule has 0 bridgehead atoms. The number of nitrogens with one attached hydrogen (secondary N) is 3. The summed E-state index contributed by atoms with van der Waals surface area (Å²) >= 11 is 1.25. The number of hydrogen-bond acceptors (Lipinski definition) is 4. The highest BCUT2D eigenvalue weighted by Crippen LogP contribution is 2.18. The van der Waals surface area contributed by atoms with Crippen LogP contribution in [-0.4, -0.2) is 36.6 Å². The maximum absolute atomic E-state index is 11.5. The maximum atomic E-state index is 11.5. The van der Waals surface area contributed by atoms with Crippen LogP contribution in [0.5, 0.6) is 0 Å². The van der Waals surface area contributed by atoms with Crippen molar-refractivity contribution >= 4 is 29.2 Å². The van der Waals surface area contributed by atoms with E-state index in [0.717, 1.165) is 0 Å². The molecule has 0 aromatic carbocycles. The summed E-state index contributed by atoms with van der Waals surface area (Å²) in [6.45, 7) is 0.141. The standard InChI is InChI=1S/C11H15N3O4S/c1-12-8(15)4-5-13-11(18)14-9(10(16)17)7-3-2-6-19-7/h2-3,6,9H,4-5H2,1H3,(H,12,15)(H,16,17)(H2,13,14,18). The van der Waals surface area contributed by atoms with Crippen LogP contribution in [0.4, 0.5) is 4.79 Å². The third kappa shape index (κ3) is 4.96. The van der Waals surface area contributed by atoms with Gasteiger partial charge >= 0.3 is 12.0 Å². The second-order valence-electron chi connectivity index (χ2n) is 3.61. The third-order valence-corrected chi connectivity index (χ3v) is 3.20. The van der Waals surface area contributed by atoms with Crippen LogP contribution in [0.25, 0.3) is 0 Å². The summed E-state index contributed by atoms with van der Waals surface area (Å²) in [6.07, 6.45) is 0.140. The van der Waals surface area contributed by atoms with E-state index in [2.05, 4.69) is 16.0 Å². The first-order valence-electron chi connectivity index (χ1n) is 5.55. The van der Waals surface area contributed by atoms with Crippen molar-refractivity contribution in [1.82, 2.24) is 16.0 Å². The molecule has 0 fully saturated rings. The molecule has 0 saturated carbocycles. The van der Waals surface area contributed by atoms with E-state index < -0.39 is 18.0 Å². The molecule has 104 valence electrons. The molecule has 1 aromatic heterocycles. The van der Waals surface area contributed by atoms with Gasteiger partial charge < -0.3 is 21.1 Å². The van der Waals surface area contributed by atoms with Gasteiger partial charge in [0.05, 0.1) is 0 Å². The van der Waals surface area contributed by atoms with E-state index in [9.17, 15) is 14.4 Å². The number of urea groups is 1. The molecule has 0 aliphatic carbocycles. The van der Waals surface area contributed by atoms with E-state index in [1.807, 2.05) is 0 Å². The van der Waals surface area contributed by atoms with Gasteiger partial charge in [0.15, 0.2) is 6.04 Å². The zero-order valence-electron chi connectivity index (χ0n) is 10.3. The largest absolute Gasteiger partial charge is 0.479 e. The van der Waals surface area contributed by atoms with Gasteiger partial charge in [0, 0.05) is 24.9 Å². The first-order valence-corrected chi connectivity index (χ1v) is 6.43. The van der Waals surface area contributed by atoms with Gasteiger partial charge in [-0.2, -0.15) is 0 Å². The minimum absolute atomic E-state index is 0.140. The van der Waals surface area contributed by atoms with Crippen LogP contribution in [0.15, 0.2) is 17.5 Å². The fourth-order valence-electron chi connectivity index (χ4n) is 1.31. The predicted octanol–water partition coefficient (Wildman–Crippen LogP) is 0.309. The fraction of sp³-hybridized carbons (Fsp3) is 0.364. The summed E-state index contributed by atoms with van der Waals surface area (Å²) in [4.78, 5) is 34.0. The molecule has 3 amide bonds. The van der Waals surface area contributed by atoms with Crippen molar-refractivity contribution in [3.63, 3.8) is 0 Å². The van der Waals surface area contributed by atoms with E-state index in [-0.39, 0.29) is 18.9 Å². The third-order valence-electron chi connectivity index (χ3n) is 2.27. The zero-order chi connectivity index (χ0) is 14.3. The van der Waals surface area contributed by atoms with Crippen molar-refractivity contribution in [2.24, 2.45) is 0 Å². The van der Waals surface area contributed by atoms with Gasteiger partial charge in [0.2, 0.25) is 5.91 Å². The Morgan fingerprint density at radius 1 is 1.42 bits per heavy atom. The van der Waals surface area contributed by atoms with Gasteiger partial charge in [-0.05, 0) is 11.4 Å². The Bertz CT molecular complexity index is 447. The molecule has 1 aromatic rings. The highest BCUT2D eigenvalue weighted by molar-refractivity contribution is 7.10. The summed E-state index contributed by atoms with van der Waals surface area (Å²) in [5, 5.41) is 18.0. The lowest BCUT2D eigenvalue weighted by Crippen LogP contribution is -2.41. The fourth-order valence-corrected chi connectivity index (χ4v) is 2.07. The van der Waals surface area contributed by atoms with Crippen molar-refractivity contribution in [3.05, 3.63) is 22.4 Å². The lowest BCUT2D eigenvalue weighted by atomic mass is 10.2. The smallest absolute Gasteiger partial charge is 0.331 e. The molecule has 0 spiro atoms. The average Bonchev–Trinajstić information content (AvgIpc) is 2.88. The van der Waals surface area contributed by atoms with E-state index in [4.69, 9.17) is 5.11 Å². The normalized spacial score (nSPS) is 11.4. The molecule has 4 N–H and O–H groups in total. The Kier molecular flexibility index (Phi) is 5.80. The number of thiophene rings is 1. The van der Waals surface area contributed by atoms with Gasteiger partial charge in [-0.25, -0.2) is 9.59 Å². The molecular formula is C11H15N3O4S. The first-order chi connectivity index (χ1) is 9.04. The summed E-state index contributed by atoms with van der Waals surface area (Å²) in [6, 6.07) is 1.64. The minimum Gasteiger partial charge on any atom is -0.479 e. The summed E-state index contributed by atoms with van der Waals surface area (Å²) in [5.41, 5.74) is 0. The highest BCUT2D eigenvalue weighted by Gasteiger charge is 2.22. The predicted molar refractivity (Wildman–Crippen MR) is 69.9 cm³/mol. The lowest BCUT2D eigenvalue weighted by molar-refractivity contribution is -0.139. The number of carboxylic acid groups (broad SMARTS) is 1. The minimum atomic E-state index is -1.14. The summed E-state index contributed by atoms with van der Waals surface area (Å²) in [7, 11) is 1.50. The van der Waals surface area contributed by atoms with Gasteiger partial charge in [-0.1, -0.05) is 6.07 Å². The van der Waals surface area contributed by atoms with Crippen molar-refractivity contribution in [1.29, 1.82) is 0 Å². The molecule has 1 heterocycles. The molecule has 8 heteroatoms. The van der Waals surface area contributed by atoms with E-state index >= 15 is 0 Å². The van der Waals surface area contributed by atoms with E-state index in [1.165, 1.54) is 18.4 Å². The molecule has 1 unspecified atom stereocenters. The number of carbonyl (C=O) groups is 3. The summed E-state index contributed by atoms with van der Waals surface area (Å²) < 4.78 is 0. The second-order valence-corrected chi connectivity index (χ2v) is 4.59. The molecule has 0 radical (unpaired) electrons. The number of carbonyl (C=O) groups excluding carboxylic acids is 2. The average molecular weight is 285 g/mol. The Hall–Kier alpha value is -2.09. The number of carboxylic acids is 1. The maximum Gasteiger partial charge on any atom is 0.331 e. The molecule has 7 nitrogen and oxygen atoms in total. The topological polar surface area (TPSA) is 108 Å². The molecule has 1 rings (SSSR count). The molecule has 1 atom stereocenters. The Balaban J connectivity index is 2.45. The van der Waals surface area contributed by atoms with Crippen LogP contribution >= 0.6 is 11.3 Å². The van der Waals surface area contributed by atoms with Crippen molar-refractivity contribution < 1.29 is 19.5 Å². The Labute approximate surface area is 114 Å². The molecular weight excluding hydrogens is 270 g/mol. The van der Waals surface area contributed by atoms with Crippen LogP contribution in [-0.2, 0) is 9.59 Å². The zero-order valence-corrected chi connectivity index (χ0v) is 11.1. The first kappa shape index (κ1) is 15.0. The van der Waals surface area contributed by atoms with Gasteiger partial charge in [0.1, 0.15) is 0 Å². The second kappa shape index (κ2) is 7.37. The highest BCUT2D eigenvalue weighted by atomic mass is 32.1. The monoisotopic (exact) mass is 285 g/mol. The number of amides is 3. The Morgan fingerprint density at radius 3 is 2.68 bits per heavy atom. The number of hydrogen-bond donors (Lipinski definition) is 4. The summed E-state index contributed by atoms with van der Waals surface area (Å²) in [5.74, 6) is -1.34. The molecule has 0 saturated heterocycles. The lowest BCUT2D eigenvalue weighted by Gasteiger charge is -2.13. The van der Waals surface area contributed by atoms with Crippen molar-refractivity contribution in [2.45, 2.75) is 12.5 Å². The van der Waals surface area contributed by atoms with Crippen LogP contribution in [0, 0.1) is 0 Å². The van der Waals surface area contributed by atoms with Gasteiger partial charge in [-0.3, -0.25) is 4.79 Å². The van der Waals surface area contributed by atoms with E-state index in [0.29, 0.717) is 4.88 Å². The molecule has 0 aliphatic heterocycles. The SMILES string of the molecule is CNC(=O)CCNC(=O)NC(C(=O)O)c1cccs1. The number of rotatable bonds is 6. The van der Waals surface area contributed by atoms with E-state index in [1.54, 1.807) is 17.5 Å². The van der Waals surface area contributed by atoms with Crippen LogP contribution in [0.2, 0.25) is 0 Å². The van der Waals surface area contributed by atoms with Gasteiger partial charge in [0.25, 0.3) is 0 Å². The number of aliphatic carboxylic acids is 1. The van der Waals surface area contributed by atoms with Crippen LogP contribution in [0.3, 0.4) is 0 Å². The quantitative estimate of drug-likeness (QED) is 0.603. The molecule has 0 aliphatic rings. The van der Waals surface area contributed by atoms with Crippen molar-refractivity contribution in [2.75, 3.05) is 13.6 Å². The van der Waals surface area contributed by atoms with Crippen molar-refractivity contribution in [3.8, 4) is 0 Å². The van der Waals surface area contributed by atoms with Gasteiger partial charge in [-0.15, -0.1) is 11.3 Å². The molecule has 19 heavy (non-hydrogen) atoms.